The topological polar surface area (TPSA) is 64.8 Å². The third kappa shape index (κ3) is 4.15. The Balaban J connectivity index is 2.55. The molecular weight excluding hydrogens is 196 g/mol. The lowest BCUT2D eigenvalue weighted by Crippen LogP contribution is -2.55. The molecule has 0 aliphatic carbocycles. The normalized spacial score (nSPS) is 26.5. The van der Waals surface area contributed by atoms with E-state index < -0.39 is 0 Å². The van der Waals surface area contributed by atoms with Gasteiger partial charge in [-0.1, -0.05) is 0 Å². The molecule has 1 heterocycles. The number of carbonyl (C=O) groups is 1. The molecule has 0 saturated carbocycles. The van der Waals surface area contributed by atoms with Crippen molar-refractivity contribution in [1.82, 2.24) is 4.90 Å². The molecule has 88 valence electrons. The largest absolute Gasteiger partial charge is 0.382 e. The standard InChI is InChI=1S/C10H20N2O3/c1-10(2)7-12(5-9(11)13)4-8(15-10)6-14-3/h8H,4-7H2,1-3H3,(H2,11,13). The van der Waals surface area contributed by atoms with Crippen molar-refractivity contribution in [2.75, 3.05) is 33.4 Å². The first kappa shape index (κ1) is 12.4. The van der Waals surface area contributed by atoms with Crippen molar-refractivity contribution in [3.63, 3.8) is 0 Å². The number of ether oxygens (including phenoxy) is 2. The fourth-order valence-corrected chi connectivity index (χ4v) is 2.03. The number of methoxy groups -OCH3 is 1. The molecule has 1 unspecified atom stereocenters. The number of hydrogen-bond acceptors (Lipinski definition) is 4. The average molecular weight is 216 g/mol. The Labute approximate surface area is 90.5 Å². The van der Waals surface area contributed by atoms with Gasteiger partial charge in [-0.3, -0.25) is 9.69 Å². The maximum absolute atomic E-state index is 10.9. The first-order valence-corrected chi connectivity index (χ1v) is 5.10. The second-order valence-corrected chi connectivity index (χ2v) is 4.59. The Morgan fingerprint density at radius 2 is 2.33 bits per heavy atom. The summed E-state index contributed by atoms with van der Waals surface area (Å²) in [5.74, 6) is -0.302. The first-order valence-electron chi connectivity index (χ1n) is 5.10. The van der Waals surface area contributed by atoms with Crippen molar-refractivity contribution in [2.45, 2.75) is 25.6 Å². The van der Waals surface area contributed by atoms with Crippen LogP contribution in [-0.4, -0.2) is 55.9 Å². The van der Waals surface area contributed by atoms with E-state index in [1.165, 1.54) is 0 Å². The monoisotopic (exact) mass is 216 g/mol. The van der Waals surface area contributed by atoms with Crippen molar-refractivity contribution in [3.05, 3.63) is 0 Å². The van der Waals surface area contributed by atoms with Crippen LogP contribution in [0.1, 0.15) is 13.8 Å². The van der Waals surface area contributed by atoms with Crippen LogP contribution < -0.4 is 5.73 Å². The van der Waals surface area contributed by atoms with Gasteiger partial charge in [-0.15, -0.1) is 0 Å². The van der Waals surface area contributed by atoms with Crippen LogP contribution in [0.5, 0.6) is 0 Å². The zero-order chi connectivity index (χ0) is 11.5. The summed E-state index contributed by atoms with van der Waals surface area (Å²) in [4.78, 5) is 12.9. The summed E-state index contributed by atoms with van der Waals surface area (Å²) in [5.41, 5.74) is 4.93. The van der Waals surface area contributed by atoms with E-state index in [2.05, 4.69) is 0 Å². The van der Waals surface area contributed by atoms with Gasteiger partial charge in [-0.2, -0.15) is 0 Å². The molecule has 0 radical (unpaired) electrons. The molecule has 1 fully saturated rings. The van der Waals surface area contributed by atoms with E-state index in [-0.39, 0.29) is 24.2 Å². The zero-order valence-electron chi connectivity index (χ0n) is 9.66. The predicted molar refractivity (Wildman–Crippen MR) is 56.5 cm³/mol. The number of nitrogens with zero attached hydrogens (tertiary/aromatic N) is 1. The highest BCUT2D eigenvalue weighted by Gasteiger charge is 2.33. The summed E-state index contributed by atoms with van der Waals surface area (Å²) < 4.78 is 10.9. The average Bonchev–Trinajstić information content (AvgIpc) is 1.99. The van der Waals surface area contributed by atoms with Crippen molar-refractivity contribution >= 4 is 5.91 Å². The van der Waals surface area contributed by atoms with E-state index in [0.717, 1.165) is 6.54 Å². The molecule has 1 saturated heterocycles. The molecule has 1 amide bonds. The molecule has 0 aromatic heterocycles. The summed E-state index contributed by atoms with van der Waals surface area (Å²) in [6.45, 7) is 6.24. The quantitative estimate of drug-likeness (QED) is 0.694. The molecular formula is C10H20N2O3. The highest BCUT2D eigenvalue weighted by atomic mass is 16.5. The van der Waals surface area contributed by atoms with Crippen molar-refractivity contribution in [1.29, 1.82) is 0 Å². The van der Waals surface area contributed by atoms with Gasteiger partial charge in [0.2, 0.25) is 5.91 Å². The molecule has 0 spiro atoms. The summed E-state index contributed by atoms with van der Waals surface area (Å²) in [6.07, 6.45) is 0.0121. The van der Waals surface area contributed by atoms with Crippen LogP contribution in [0.15, 0.2) is 0 Å². The van der Waals surface area contributed by atoms with Gasteiger partial charge in [0.15, 0.2) is 0 Å². The summed E-state index contributed by atoms with van der Waals surface area (Å²) in [5, 5.41) is 0. The summed E-state index contributed by atoms with van der Waals surface area (Å²) in [7, 11) is 1.64. The minimum absolute atomic E-state index is 0.0121. The Bertz CT molecular complexity index is 231. The highest BCUT2D eigenvalue weighted by molar-refractivity contribution is 5.75. The van der Waals surface area contributed by atoms with Crippen LogP contribution in [0.2, 0.25) is 0 Å². The number of rotatable bonds is 4. The van der Waals surface area contributed by atoms with E-state index in [1.54, 1.807) is 7.11 Å². The van der Waals surface area contributed by atoms with E-state index in [4.69, 9.17) is 15.2 Å². The lowest BCUT2D eigenvalue weighted by Gasteiger charge is -2.42. The third-order valence-corrected chi connectivity index (χ3v) is 2.28. The Hall–Kier alpha value is -0.650. The van der Waals surface area contributed by atoms with Crippen molar-refractivity contribution in [2.24, 2.45) is 5.73 Å². The Kier molecular flexibility index (Phi) is 4.07. The molecule has 2 N–H and O–H groups in total. The van der Waals surface area contributed by atoms with E-state index in [1.807, 2.05) is 18.7 Å². The van der Waals surface area contributed by atoms with E-state index in [0.29, 0.717) is 13.2 Å². The van der Waals surface area contributed by atoms with Gasteiger partial charge in [0.25, 0.3) is 0 Å². The molecule has 1 aliphatic rings. The first-order chi connectivity index (χ1) is 6.93. The number of nitrogens with two attached hydrogens (primary N) is 1. The van der Waals surface area contributed by atoms with Crippen LogP contribution in [0.4, 0.5) is 0 Å². The van der Waals surface area contributed by atoms with Gasteiger partial charge in [-0.25, -0.2) is 0 Å². The van der Waals surface area contributed by atoms with Gasteiger partial charge in [0, 0.05) is 20.2 Å². The van der Waals surface area contributed by atoms with Gasteiger partial charge < -0.3 is 15.2 Å². The lowest BCUT2D eigenvalue weighted by molar-refractivity contribution is -0.155. The predicted octanol–water partition coefficient (Wildman–Crippen LogP) is -0.402. The van der Waals surface area contributed by atoms with Crippen LogP contribution in [0.3, 0.4) is 0 Å². The minimum Gasteiger partial charge on any atom is -0.382 e. The summed E-state index contributed by atoms with van der Waals surface area (Å²) >= 11 is 0. The van der Waals surface area contributed by atoms with E-state index >= 15 is 0 Å². The molecule has 0 bridgehead atoms. The molecule has 5 nitrogen and oxygen atoms in total. The van der Waals surface area contributed by atoms with Gasteiger partial charge >= 0.3 is 0 Å². The van der Waals surface area contributed by atoms with Crippen LogP contribution >= 0.6 is 0 Å². The maximum Gasteiger partial charge on any atom is 0.231 e. The molecule has 0 aromatic rings. The second-order valence-electron chi connectivity index (χ2n) is 4.59. The molecule has 1 rings (SSSR count). The Morgan fingerprint density at radius 3 is 2.87 bits per heavy atom. The third-order valence-electron chi connectivity index (χ3n) is 2.28. The Morgan fingerprint density at radius 1 is 1.67 bits per heavy atom. The second kappa shape index (κ2) is 4.92. The van der Waals surface area contributed by atoms with Gasteiger partial charge in [0.05, 0.1) is 24.9 Å². The van der Waals surface area contributed by atoms with Crippen molar-refractivity contribution < 1.29 is 14.3 Å². The van der Waals surface area contributed by atoms with Crippen LogP contribution in [-0.2, 0) is 14.3 Å². The molecule has 1 atom stereocenters. The smallest absolute Gasteiger partial charge is 0.231 e. The van der Waals surface area contributed by atoms with Crippen molar-refractivity contribution in [3.8, 4) is 0 Å². The molecule has 15 heavy (non-hydrogen) atoms. The number of primary amides is 1. The van der Waals surface area contributed by atoms with Gasteiger partial charge in [-0.05, 0) is 13.8 Å². The minimum atomic E-state index is -0.302. The van der Waals surface area contributed by atoms with Crippen LogP contribution in [0, 0.1) is 0 Å². The zero-order valence-corrected chi connectivity index (χ0v) is 9.66. The molecule has 0 aromatic carbocycles. The van der Waals surface area contributed by atoms with Crippen LogP contribution in [0.25, 0.3) is 0 Å². The molecule has 5 heteroatoms. The van der Waals surface area contributed by atoms with E-state index in [9.17, 15) is 4.79 Å². The summed E-state index contributed by atoms with van der Waals surface area (Å²) in [6, 6.07) is 0. The number of hydrogen-bond donors (Lipinski definition) is 1. The fraction of sp³-hybridized carbons (Fsp3) is 0.900. The molecule has 1 aliphatic heterocycles. The number of amides is 1. The highest BCUT2D eigenvalue weighted by Crippen LogP contribution is 2.20. The lowest BCUT2D eigenvalue weighted by atomic mass is 10.1. The number of morpholine rings is 1. The SMILES string of the molecule is COCC1CN(CC(N)=O)CC(C)(C)O1. The van der Waals surface area contributed by atoms with Gasteiger partial charge in [0.1, 0.15) is 0 Å². The number of carbonyl (C=O) groups excluding carboxylic acids is 1. The maximum atomic E-state index is 10.9. The fourth-order valence-electron chi connectivity index (χ4n) is 2.03.